The molecular formula is C19H19NO6. The first-order valence-electron chi connectivity index (χ1n) is 8.87. The van der Waals surface area contributed by atoms with Gasteiger partial charge in [-0.15, -0.1) is 0 Å². The van der Waals surface area contributed by atoms with Gasteiger partial charge in [-0.25, -0.2) is 0 Å². The van der Waals surface area contributed by atoms with Crippen LogP contribution in [0.1, 0.15) is 27.6 Å². The van der Waals surface area contributed by atoms with E-state index in [1.165, 1.54) is 25.3 Å². The summed E-state index contributed by atoms with van der Waals surface area (Å²) in [6.45, 7) is -2.69. The number of hydrogen-bond donors (Lipinski definition) is 0. The lowest BCUT2D eigenvalue weighted by Crippen LogP contribution is -2.08. The molecule has 2 aromatic rings. The van der Waals surface area contributed by atoms with E-state index in [0.29, 0.717) is 5.56 Å². The minimum atomic E-state index is -2.69. The van der Waals surface area contributed by atoms with Crippen LogP contribution in [0.5, 0.6) is 0 Å². The van der Waals surface area contributed by atoms with Gasteiger partial charge in [0.1, 0.15) is 6.56 Å². The summed E-state index contributed by atoms with van der Waals surface area (Å²) in [6, 6.07) is 12.9. The van der Waals surface area contributed by atoms with Crippen LogP contribution in [0, 0.1) is 10.1 Å². The van der Waals surface area contributed by atoms with Crippen LogP contribution >= 0.6 is 0 Å². The summed E-state index contributed by atoms with van der Waals surface area (Å²) in [4.78, 5) is 33.7. The second-order valence-corrected chi connectivity index (χ2v) is 5.36. The van der Waals surface area contributed by atoms with Gasteiger partial charge in [-0.05, 0) is 23.6 Å². The molecule has 0 bridgehead atoms. The van der Waals surface area contributed by atoms with Crippen molar-refractivity contribution in [2.45, 2.75) is 25.8 Å². The summed E-state index contributed by atoms with van der Waals surface area (Å²) >= 11 is 0. The van der Waals surface area contributed by atoms with Crippen molar-refractivity contribution in [3.8, 4) is 11.1 Å². The monoisotopic (exact) mass is 359 g/mol. The summed E-state index contributed by atoms with van der Waals surface area (Å²) < 4.78 is 25.2. The van der Waals surface area contributed by atoms with E-state index < -0.39 is 29.1 Å². The summed E-state index contributed by atoms with van der Waals surface area (Å²) in [7, 11) is 1.22. The number of rotatable bonds is 8. The standard InChI is InChI=1S/C19H19NO6/c1-25-18(21)8-5-9-19(22)26-13-16-11-10-15(12-17(16)20(23)24)14-6-3-2-4-7-14/h2-4,6-7,10-12H,5,8-9,13H2,1H3/i13D2. The summed E-state index contributed by atoms with van der Waals surface area (Å²) in [5, 5.41) is 11.5. The molecule has 0 amide bonds. The van der Waals surface area contributed by atoms with E-state index in [0.717, 1.165) is 5.56 Å². The summed E-state index contributed by atoms with van der Waals surface area (Å²) in [5.41, 5.74) is 0.418. The molecule has 0 saturated carbocycles. The van der Waals surface area contributed by atoms with E-state index in [-0.39, 0.29) is 24.8 Å². The van der Waals surface area contributed by atoms with Crippen molar-refractivity contribution in [3.05, 3.63) is 64.2 Å². The van der Waals surface area contributed by atoms with E-state index in [9.17, 15) is 19.7 Å². The predicted octanol–water partition coefficient (Wildman–Crippen LogP) is 3.65. The van der Waals surface area contributed by atoms with Gasteiger partial charge in [-0.2, -0.15) is 0 Å². The third-order valence-electron chi connectivity index (χ3n) is 3.57. The molecule has 0 aliphatic rings. The van der Waals surface area contributed by atoms with Gasteiger partial charge in [0.05, 0.1) is 20.3 Å². The number of nitro groups is 1. The molecule has 7 nitrogen and oxygen atoms in total. The molecule has 0 aliphatic carbocycles. The Hall–Kier alpha value is -3.22. The van der Waals surface area contributed by atoms with Gasteiger partial charge < -0.3 is 9.47 Å². The molecular weight excluding hydrogens is 338 g/mol. The molecule has 26 heavy (non-hydrogen) atoms. The average Bonchev–Trinajstić information content (AvgIpc) is 2.67. The molecule has 2 aromatic carbocycles. The second-order valence-electron chi connectivity index (χ2n) is 5.36. The van der Waals surface area contributed by atoms with Crippen LogP contribution in [0.2, 0.25) is 0 Å². The highest BCUT2D eigenvalue weighted by molar-refractivity contribution is 5.72. The summed E-state index contributed by atoms with van der Waals surface area (Å²) in [5.74, 6) is -1.40. The number of ether oxygens (including phenoxy) is 2. The first kappa shape index (κ1) is 16.3. The van der Waals surface area contributed by atoms with Gasteiger partial charge in [0.15, 0.2) is 0 Å². The number of esters is 2. The Morgan fingerprint density at radius 2 is 1.77 bits per heavy atom. The number of nitro benzene ring substituents is 1. The molecule has 0 aromatic heterocycles. The molecule has 136 valence electrons. The number of hydrogen-bond acceptors (Lipinski definition) is 6. The van der Waals surface area contributed by atoms with Gasteiger partial charge in [0, 0.05) is 18.9 Å². The zero-order valence-corrected chi connectivity index (χ0v) is 14.1. The molecule has 0 unspecified atom stereocenters. The maximum absolute atomic E-state index is 11.9. The normalized spacial score (nSPS) is 11.9. The Balaban J connectivity index is 2.20. The lowest BCUT2D eigenvalue weighted by atomic mass is 10.0. The maximum atomic E-state index is 11.9. The smallest absolute Gasteiger partial charge is 0.306 e. The molecule has 0 fully saturated rings. The fourth-order valence-corrected chi connectivity index (χ4v) is 2.22. The van der Waals surface area contributed by atoms with E-state index in [1.54, 1.807) is 24.3 Å². The fourth-order valence-electron chi connectivity index (χ4n) is 2.22. The SMILES string of the molecule is [2H]C([2H])(OC(=O)CCCC(=O)OC)c1ccc(-c2ccccc2)cc1[N+](=O)[O-]. The average molecular weight is 359 g/mol. The minimum absolute atomic E-state index is 0.0134. The van der Waals surface area contributed by atoms with Crippen LogP contribution in [0.3, 0.4) is 0 Å². The van der Waals surface area contributed by atoms with Crippen molar-refractivity contribution in [1.29, 1.82) is 0 Å². The molecule has 2 rings (SSSR count). The number of benzene rings is 2. The minimum Gasteiger partial charge on any atom is -0.469 e. The van der Waals surface area contributed by atoms with Gasteiger partial charge in [0.2, 0.25) is 0 Å². The first-order chi connectivity index (χ1) is 13.2. The van der Waals surface area contributed by atoms with Crippen molar-refractivity contribution in [2.75, 3.05) is 7.11 Å². The van der Waals surface area contributed by atoms with Crippen molar-refractivity contribution in [3.63, 3.8) is 0 Å². The van der Waals surface area contributed by atoms with Crippen molar-refractivity contribution >= 4 is 17.6 Å². The van der Waals surface area contributed by atoms with E-state index in [2.05, 4.69) is 4.74 Å². The van der Waals surface area contributed by atoms with Crippen molar-refractivity contribution in [2.24, 2.45) is 0 Å². The molecule has 0 saturated heterocycles. The third-order valence-corrected chi connectivity index (χ3v) is 3.57. The predicted molar refractivity (Wildman–Crippen MR) is 94.2 cm³/mol. The quantitative estimate of drug-likeness (QED) is 0.405. The van der Waals surface area contributed by atoms with Crippen LogP contribution in [-0.2, 0) is 25.6 Å². The highest BCUT2D eigenvalue weighted by Gasteiger charge is 2.17. The van der Waals surface area contributed by atoms with Crippen LogP contribution in [0.4, 0.5) is 5.69 Å². The lowest BCUT2D eigenvalue weighted by Gasteiger charge is -2.08. The Morgan fingerprint density at radius 1 is 1.08 bits per heavy atom. The van der Waals surface area contributed by atoms with Crippen LogP contribution in [-0.4, -0.2) is 24.0 Å². The highest BCUT2D eigenvalue weighted by Crippen LogP contribution is 2.27. The van der Waals surface area contributed by atoms with Crippen LogP contribution < -0.4 is 0 Å². The van der Waals surface area contributed by atoms with Gasteiger partial charge >= 0.3 is 11.9 Å². The number of carbonyl (C=O) groups excluding carboxylic acids is 2. The van der Waals surface area contributed by atoms with E-state index >= 15 is 0 Å². The lowest BCUT2D eigenvalue weighted by molar-refractivity contribution is -0.385. The zero-order valence-electron chi connectivity index (χ0n) is 16.1. The number of carbonyl (C=O) groups is 2. The fraction of sp³-hybridized carbons (Fsp3) is 0.263. The van der Waals surface area contributed by atoms with Gasteiger partial charge in [-0.1, -0.05) is 36.4 Å². The molecule has 7 heteroatoms. The molecule has 0 atom stereocenters. The van der Waals surface area contributed by atoms with Crippen molar-refractivity contribution in [1.82, 2.24) is 0 Å². The molecule has 0 aliphatic heterocycles. The maximum Gasteiger partial charge on any atom is 0.306 e. The molecule has 0 radical (unpaired) electrons. The van der Waals surface area contributed by atoms with Crippen LogP contribution in [0.15, 0.2) is 48.5 Å². The number of methoxy groups -OCH3 is 1. The number of nitrogens with zero attached hydrogens (tertiary/aromatic N) is 1. The van der Waals surface area contributed by atoms with Crippen LogP contribution in [0.25, 0.3) is 11.1 Å². The zero-order chi connectivity index (χ0) is 20.7. The molecule has 0 spiro atoms. The Morgan fingerprint density at radius 3 is 2.42 bits per heavy atom. The Kier molecular flexibility index (Phi) is 5.82. The topological polar surface area (TPSA) is 95.7 Å². The highest BCUT2D eigenvalue weighted by atomic mass is 16.6. The van der Waals surface area contributed by atoms with E-state index in [4.69, 9.17) is 7.48 Å². The van der Waals surface area contributed by atoms with Gasteiger partial charge in [-0.3, -0.25) is 19.7 Å². The van der Waals surface area contributed by atoms with E-state index in [1.807, 2.05) is 6.07 Å². The third kappa shape index (κ3) is 5.41. The second kappa shape index (κ2) is 9.31. The Labute approximate surface area is 153 Å². The largest absolute Gasteiger partial charge is 0.469 e. The molecule has 0 N–H and O–H groups in total. The van der Waals surface area contributed by atoms with Crippen molar-refractivity contribution < 1.29 is 26.7 Å². The summed E-state index contributed by atoms with van der Waals surface area (Å²) in [6.07, 6.45) is -0.109. The Bertz CT molecular complexity index is 870. The van der Waals surface area contributed by atoms with Gasteiger partial charge in [0.25, 0.3) is 5.69 Å². The first-order valence-corrected chi connectivity index (χ1v) is 7.87. The molecule has 0 heterocycles.